The van der Waals surface area contributed by atoms with Gasteiger partial charge in [0.2, 0.25) is 0 Å². The number of rotatable bonds is 7. The summed E-state index contributed by atoms with van der Waals surface area (Å²) in [6.07, 6.45) is 9.44. The van der Waals surface area contributed by atoms with Gasteiger partial charge in [-0.05, 0) is 56.2 Å². The molecule has 1 saturated heterocycles. The number of hydrogen-bond acceptors (Lipinski definition) is 3. The van der Waals surface area contributed by atoms with Crippen LogP contribution in [0.2, 0.25) is 0 Å². The summed E-state index contributed by atoms with van der Waals surface area (Å²) in [6, 6.07) is 8.39. The van der Waals surface area contributed by atoms with Crippen LogP contribution in [0.15, 0.2) is 35.9 Å². The summed E-state index contributed by atoms with van der Waals surface area (Å²) in [7, 11) is 1.69. The second-order valence-electron chi connectivity index (χ2n) is 7.52. The molecule has 1 aliphatic carbocycles. The largest absolute Gasteiger partial charge is 0.497 e. The molecule has 0 aromatic heterocycles. The normalized spacial score (nSPS) is 18.1. The molecule has 0 atom stereocenters. The van der Waals surface area contributed by atoms with Crippen LogP contribution >= 0.6 is 0 Å². The number of nitrogens with one attached hydrogen (secondary N) is 1. The molecule has 1 N–H and O–H groups in total. The van der Waals surface area contributed by atoms with Crippen molar-refractivity contribution in [2.45, 2.75) is 38.5 Å². The van der Waals surface area contributed by atoms with E-state index in [0.29, 0.717) is 0 Å². The highest BCUT2D eigenvalue weighted by atomic mass is 16.5. The van der Waals surface area contributed by atoms with Gasteiger partial charge < -0.3 is 15.0 Å². The van der Waals surface area contributed by atoms with Gasteiger partial charge in [-0.2, -0.15) is 0 Å². The molecule has 0 radical (unpaired) electrons. The topological polar surface area (TPSA) is 44.8 Å². The van der Waals surface area contributed by atoms with Crippen LogP contribution in [0.1, 0.15) is 37.7 Å². The molecule has 5 heteroatoms. The van der Waals surface area contributed by atoms with E-state index >= 15 is 0 Å². The highest BCUT2D eigenvalue weighted by Gasteiger charge is 2.20. The number of urea groups is 1. The maximum Gasteiger partial charge on any atom is 0.317 e. The molecule has 1 fully saturated rings. The van der Waals surface area contributed by atoms with Crippen LogP contribution in [0.3, 0.4) is 0 Å². The summed E-state index contributed by atoms with van der Waals surface area (Å²) in [5, 5.41) is 3.10. The zero-order valence-corrected chi connectivity index (χ0v) is 16.6. The first-order chi connectivity index (χ1) is 13.2. The Labute approximate surface area is 163 Å². The minimum atomic E-state index is 0.0983. The Kier molecular flexibility index (Phi) is 7.57. The van der Waals surface area contributed by atoms with Crippen molar-refractivity contribution in [2.24, 2.45) is 0 Å². The average Bonchev–Trinajstić information content (AvgIpc) is 2.73. The maximum atomic E-state index is 12.4. The van der Waals surface area contributed by atoms with Crippen molar-refractivity contribution in [1.29, 1.82) is 0 Å². The van der Waals surface area contributed by atoms with Gasteiger partial charge in [0.25, 0.3) is 0 Å². The second kappa shape index (κ2) is 10.4. The molecule has 3 rings (SSSR count). The monoisotopic (exact) mass is 371 g/mol. The van der Waals surface area contributed by atoms with Gasteiger partial charge in [-0.3, -0.25) is 4.90 Å². The van der Waals surface area contributed by atoms with Gasteiger partial charge in [0.05, 0.1) is 7.11 Å². The number of carbonyl (C=O) groups excluding carboxylic acids is 1. The first-order valence-corrected chi connectivity index (χ1v) is 10.3. The molecule has 1 aliphatic heterocycles. The van der Waals surface area contributed by atoms with Gasteiger partial charge >= 0.3 is 6.03 Å². The first kappa shape index (κ1) is 19.7. The zero-order chi connectivity index (χ0) is 18.9. The van der Waals surface area contributed by atoms with Crippen LogP contribution in [0.4, 0.5) is 4.79 Å². The van der Waals surface area contributed by atoms with Crippen molar-refractivity contribution in [3.8, 4) is 5.75 Å². The van der Waals surface area contributed by atoms with E-state index in [4.69, 9.17) is 4.74 Å². The van der Waals surface area contributed by atoms with E-state index < -0.39 is 0 Å². The molecule has 0 saturated carbocycles. The Morgan fingerprint density at radius 1 is 1.07 bits per heavy atom. The van der Waals surface area contributed by atoms with E-state index in [1.807, 2.05) is 17.0 Å². The molecule has 2 amide bonds. The molecule has 2 aliphatic rings. The van der Waals surface area contributed by atoms with Crippen molar-refractivity contribution in [3.63, 3.8) is 0 Å². The van der Waals surface area contributed by atoms with E-state index in [0.717, 1.165) is 57.9 Å². The lowest BCUT2D eigenvalue weighted by Crippen LogP contribution is -2.52. The van der Waals surface area contributed by atoms with Crippen LogP contribution < -0.4 is 10.1 Å². The van der Waals surface area contributed by atoms with E-state index in [1.54, 1.807) is 7.11 Å². The number of hydrogen-bond donors (Lipinski definition) is 1. The lowest BCUT2D eigenvalue weighted by molar-refractivity contribution is 0.140. The second-order valence-corrected chi connectivity index (χ2v) is 7.52. The van der Waals surface area contributed by atoms with Gasteiger partial charge in [0, 0.05) is 39.3 Å². The molecular weight excluding hydrogens is 338 g/mol. The fourth-order valence-electron chi connectivity index (χ4n) is 3.83. The SMILES string of the molecule is COc1ccc(CCN2CCN(C(=O)NCCC3=CCCCC3)CC2)cc1. The molecule has 1 aromatic carbocycles. The minimum Gasteiger partial charge on any atom is -0.497 e. The molecule has 0 unspecified atom stereocenters. The number of carbonyl (C=O) groups is 1. The Morgan fingerprint density at radius 2 is 1.85 bits per heavy atom. The first-order valence-electron chi connectivity index (χ1n) is 10.3. The van der Waals surface area contributed by atoms with Crippen molar-refractivity contribution in [1.82, 2.24) is 15.1 Å². The quantitative estimate of drug-likeness (QED) is 0.747. The minimum absolute atomic E-state index is 0.0983. The third kappa shape index (κ3) is 6.28. The Balaban J connectivity index is 1.31. The van der Waals surface area contributed by atoms with Gasteiger partial charge in [0.1, 0.15) is 5.75 Å². The zero-order valence-electron chi connectivity index (χ0n) is 16.6. The maximum absolute atomic E-state index is 12.4. The fraction of sp³-hybridized carbons (Fsp3) is 0.591. The van der Waals surface area contributed by atoms with E-state index in [2.05, 4.69) is 28.4 Å². The highest BCUT2D eigenvalue weighted by Crippen LogP contribution is 2.19. The van der Waals surface area contributed by atoms with E-state index in [1.165, 1.54) is 36.8 Å². The summed E-state index contributed by atoms with van der Waals surface area (Å²) in [5.74, 6) is 0.901. The average molecular weight is 372 g/mol. The number of methoxy groups -OCH3 is 1. The van der Waals surface area contributed by atoms with Crippen LogP contribution in [0, 0.1) is 0 Å². The van der Waals surface area contributed by atoms with Crippen LogP contribution in [0.25, 0.3) is 0 Å². The lowest BCUT2D eigenvalue weighted by Gasteiger charge is -2.34. The standard InChI is InChI=1S/C22H33N3O2/c1-27-21-9-7-20(8-10-21)12-14-24-15-17-25(18-16-24)22(26)23-13-11-19-5-3-2-4-6-19/h5,7-10H,2-4,6,11-18H2,1H3,(H,23,26). The Hall–Kier alpha value is -2.01. The molecule has 0 spiro atoms. The van der Waals surface area contributed by atoms with Gasteiger partial charge in [-0.25, -0.2) is 4.79 Å². The lowest BCUT2D eigenvalue weighted by atomic mass is 9.97. The van der Waals surface area contributed by atoms with Crippen molar-refractivity contribution in [2.75, 3.05) is 46.4 Å². The van der Waals surface area contributed by atoms with Crippen molar-refractivity contribution < 1.29 is 9.53 Å². The smallest absolute Gasteiger partial charge is 0.317 e. The summed E-state index contributed by atoms with van der Waals surface area (Å²) in [4.78, 5) is 16.8. The third-order valence-electron chi connectivity index (χ3n) is 5.64. The highest BCUT2D eigenvalue weighted by molar-refractivity contribution is 5.74. The molecule has 27 heavy (non-hydrogen) atoms. The molecule has 0 bridgehead atoms. The van der Waals surface area contributed by atoms with Crippen LogP contribution in [0.5, 0.6) is 5.75 Å². The van der Waals surface area contributed by atoms with Gasteiger partial charge in [-0.1, -0.05) is 23.8 Å². The molecular formula is C22H33N3O2. The predicted octanol–water partition coefficient (Wildman–Crippen LogP) is 3.46. The summed E-state index contributed by atoms with van der Waals surface area (Å²) in [5.41, 5.74) is 2.85. The molecule has 1 heterocycles. The fourth-order valence-corrected chi connectivity index (χ4v) is 3.83. The molecule has 5 nitrogen and oxygen atoms in total. The van der Waals surface area contributed by atoms with E-state index in [9.17, 15) is 4.79 Å². The van der Waals surface area contributed by atoms with E-state index in [-0.39, 0.29) is 6.03 Å². The summed E-state index contributed by atoms with van der Waals surface area (Å²) >= 11 is 0. The number of allylic oxidation sites excluding steroid dienone is 1. The Morgan fingerprint density at radius 3 is 2.52 bits per heavy atom. The Bertz CT molecular complexity index is 619. The predicted molar refractivity (Wildman–Crippen MR) is 109 cm³/mol. The number of benzene rings is 1. The van der Waals surface area contributed by atoms with Gasteiger partial charge in [-0.15, -0.1) is 0 Å². The number of nitrogens with zero attached hydrogens (tertiary/aromatic N) is 2. The molecule has 148 valence electrons. The summed E-state index contributed by atoms with van der Waals surface area (Å²) < 4.78 is 5.20. The number of amides is 2. The molecule has 1 aromatic rings. The van der Waals surface area contributed by atoms with Crippen LogP contribution in [-0.2, 0) is 6.42 Å². The van der Waals surface area contributed by atoms with Crippen LogP contribution in [-0.4, -0.2) is 62.2 Å². The van der Waals surface area contributed by atoms with Crippen molar-refractivity contribution >= 4 is 6.03 Å². The van der Waals surface area contributed by atoms with Gasteiger partial charge in [0.15, 0.2) is 0 Å². The number of piperazine rings is 1. The third-order valence-corrected chi connectivity index (χ3v) is 5.64. The number of ether oxygens (including phenoxy) is 1. The summed E-state index contributed by atoms with van der Waals surface area (Å²) in [6.45, 7) is 5.34. The van der Waals surface area contributed by atoms with Crippen molar-refractivity contribution in [3.05, 3.63) is 41.5 Å².